The topological polar surface area (TPSA) is 43.8 Å². The van der Waals surface area contributed by atoms with E-state index in [1.807, 2.05) is 35.1 Å². The maximum absolute atomic E-state index is 6.15. The summed E-state index contributed by atoms with van der Waals surface area (Å²) in [6.07, 6.45) is 1.85. The van der Waals surface area contributed by atoms with Crippen LogP contribution in [0.4, 0.5) is 5.69 Å². The van der Waals surface area contributed by atoms with Crippen molar-refractivity contribution in [3.8, 4) is 16.9 Å². The van der Waals surface area contributed by atoms with E-state index in [0.29, 0.717) is 5.69 Å². The molecule has 2 N–H and O–H groups in total. The summed E-state index contributed by atoms with van der Waals surface area (Å²) in [4.78, 5) is 0. The quantitative estimate of drug-likeness (QED) is 0.745. The van der Waals surface area contributed by atoms with Crippen molar-refractivity contribution in [2.75, 3.05) is 5.73 Å². The second-order valence-electron chi connectivity index (χ2n) is 5.13. The molecule has 4 heteroatoms. The molecule has 0 amide bonds. The zero-order valence-electron chi connectivity index (χ0n) is 12.0. The Morgan fingerprint density at radius 3 is 2.52 bits per heavy atom. The third-order valence-electron chi connectivity index (χ3n) is 3.62. The monoisotopic (exact) mass is 341 g/mol. The number of aryl methyl sites for hydroxylation is 2. The van der Waals surface area contributed by atoms with Gasteiger partial charge in [0.1, 0.15) is 5.69 Å². The maximum atomic E-state index is 6.15. The van der Waals surface area contributed by atoms with Gasteiger partial charge in [-0.25, -0.2) is 4.68 Å². The summed E-state index contributed by atoms with van der Waals surface area (Å²) in [6, 6.07) is 14.2. The molecule has 0 aliphatic heterocycles. The first-order valence-corrected chi connectivity index (χ1v) is 7.53. The van der Waals surface area contributed by atoms with Crippen molar-refractivity contribution in [2.24, 2.45) is 0 Å². The van der Waals surface area contributed by atoms with Crippen molar-refractivity contribution in [1.29, 1.82) is 0 Å². The highest BCUT2D eigenvalue weighted by Gasteiger charge is 2.11. The Hall–Kier alpha value is -2.07. The highest BCUT2D eigenvalue weighted by Crippen LogP contribution is 2.28. The molecule has 1 heterocycles. The van der Waals surface area contributed by atoms with E-state index in [-0.39, 0.29) is 0 Å². The molecule has 106 valence electrons. The van der Waals surface area contributed by atoms with E-state index in [2.05, 4.69) is 53.1 Å². The van der Waals surface area contributed by atoms with E-state index >= 15 is 0 Å². The van der Waals surface area contributed by atoms with Gasteiger partial charge in [-0.1, -0.05) is 24.3 Å². The average molecular weight is 342 g/mol. The van der Waals surface area contributed by atoms with Crippen LogP contribution in [0.5, 0.6) is 0 Å². The normalized spacial score (nSPS) is 10.8. The predicted molar refractivity (Wildman–Crippen MR) is 90.6 cm³/mol. The fourth-order valence-electron chi connectivity index (χ4n) is 2.26. The number of aromatic nitrogens is 2. The third-order valence-corrected chi connectivity index (χ3v) is 4.29. The molecule has 3 rings (SSSR count). The van der Waals surface area contributed by atoms with Crippen molar-refractivity contribution < 1.29 is 0 Å². The summed E-state index contributed by atoms with van der Waals surface area (Å²) in [5, 5.41) is 4.64. The van der Waals surface area contributed by atoms with E-state index in [1.165, 1.54) is 11.1 Å². The van der Waals surface area contributed by atoms with E-state index in [1.54, 1.807) is 0 Å². The molecular formula is C17H16BrN3. The molecule has 0 fully saturated rings. The minimum Gasteiger partial charge on any atom is -0.396 e. The van der Waals surface area contributed by atoms with E-state index < -0.39 is 0 Å². The number of nitrogens with zero attached hydrogens (tertiary/aromatic N) is 2. The zero-order chi connectivity index (χ0) is 15.0. The summed E-state index contributed by atoms with van der Waals surface area (Å²) in [7, 11) is 0. The molecule has 0 radical (unpaired) electrons. The SMILES string of the molecule is Cc1ccc(-c2nn(-c3ccccc3Br)cc2N)cc1C. The Morgan fingerprint density at radius 1 is 1.05 bits per heavy atom. The van der Waals surface area contributed by atoms with E-state index in [0.717, 1.165) is 21.4 Å². The lowest BCUT2D eigenvalue weighted by molar-refractivity contribution is 0.880. The smallest absolute Gasteiger partial charge is 0.116 e. The van der Waals surface area contributed by atoms with Crippen molar-refractivity contribution in [3.63, 3.8) is 0 Å². The Kier molecular flexibility index (Phi) is 3.55. The Bertz CT molecular complexity index is 806. The molecular weight excluding hydrogens is 326 g/mol. The molecule has 2 aromatic carbocycles. The summed E-state index contributed by atoms with van der Waals surface area (Å²) in [6.45, 7) is 4.20. The van der Waals surface area contributed by atoms with Crippen LogP contribution in [0.1, 0.15) is 11.1 Å². The van der Waals surface area contributed by atoms with Crippen LogP contribution >= 0.6 is 15.9 Å². The van der Waals surface area contributed by atoms with Crippen LogP contribution in [0.3, 0.4) is 0 Å². The average Bonchev–Trinajstić information content (AvgIpc) is 2.84. The Morgan fingerprint density at radius 2 is 1.81 bits per heavy atom. The molecule has 1 aromatic heterocycles. The number of hydrogen-bond donors (Lipinski definition) is 1. The number of nitrogen functional groups attached to an aromatic ring is 1. The first-order chi connectivity index (χ1) is 10.1. The van der Waals surface area contributed by atoms with Crippen LogP contribution in [0.2, 0.25) is 0 Å². The van der Waals surface area contributed by atoms with Crippen LogP contribution in [-0.4, -0.2) is 9.78 Å². The molecule has 0 aliphatic rings. The number of halogens is 1. The molecule has 0 bridgehead atoms. The summed E-state index contributed by atoms with van der Waals surface area (Å²) < 4.78 is 2.79. The maximum Gasteiger partial charge on any atom is 0.116 e. The van der Waals surface area contributed by atoms with Gasteiger partial charge in [-0.15, -0.1) is 0 Å². The molecule has 0 saturated carbocycles. The lowest BCUT2D eigenvalue weighted by Gasteiger charge is -2.04. The Balaban J connectivity index is 2.10. The highest BCUT2D eigenvalue weighted by molar-refractivity contribution is 9.10. The van der Waals surface area contributed by atoms with Crippen molar-refractivity contribution in [2.45, 2.75) is 13.8 Å². The molecule has 0 spiro atoms. The summed E-state index contributed by atoms with van der Waals surface area (Å²) in [5.74, 6) is 0. The van der Waals surface area contributed by atoms with Gasteiger partial charge in [0.05, 0.1) is 17.6 Å². The van der Waals surface area contributed by atoms with E-state index in [9.17, 15) is 0 Å². The lowest BCUT2D eigenvalue weighted by Crippen LogP contribution is -1.96. The first-order valence-electron chi connectivity index (χ1n) is 6.74. The molecule has 0 unspecified atom stereocenters. The van der Waals surface area contributed by atoms with Crippen molar-refractivity contribution in [3.05, 3.63) is 64.3 Å². The fraction of sp³-hybridized carbons (Fsp3) is 0.118. The molecule has 21 heavy (non-hydrogen) atoms. The van der Waals surface area contributed by atoms with Gasteiger partial charge >= 0.3 is 0 Å². The number of nitrogens with two attached hydrogens (primary N) is 1. The van der Waals surface area contributed by atoms with Gasteiger partial charge in [0.2, 0.25) is 0 Å². The van der Waals surface area contributed by atoms with Gasteiger partial charge in [0.25, 0.3) is 0 Å². The van der Waals surface area contributed by atoms with Gasteiger partial charge < -0.3 is 5.73 Å². The minimum absolute atomic E-state index is 0.675. The minimum atomic E-state index is 0.675. The van der Waals surface area contributed by atoms with Crippen LogP contribution in [0.25, 0.3) is 16.9 Å². The third kappa shape index (κ3) is 2.59. The van der Waals surface area contributed by atoms with Crippen LogP contribution in [0, 0.1) is 13.8 Å². The standard InChI is InChI=1S/C17H16BrN3/c1-11-7-8-13(9-12(11)2)17-15(19)10-21(20-17)16-6-4-3-5-14(16)18/h3-10H,19H2,1-2H3. The van der Waals surface area contributed by atoms with Gasteiger partial charge in [-0.2, -0.15) is 5.10 Å². The largest absolute Gasteiger partial charge is 0.396 e. The second-order valence-corrected chi connectivity index (χ2v) is 5.98. The van der Waals surface area contributed by atoms with E-state index in [4.69, 9.17) is 5.73 Å². The second kappa shape index (κ2) is 5.37. The predicted octanol–water partition coefficient (Wildman–Crippen LogP) is 4.50. The van der Waals surface area contributed by atoms with Crippen LogP contribution in [0.15, 0.2) is 53.1 Å². The molecule has 3 aromatic rings. The Labute approximate surface area is 132 Å². The van der Waals surface area contributed by atoms with Gasteiger partial charge in [-0.3, -0.25) is 0 Å². The highest BCUT2D eigenvalue weighted by atomic mass is 79.9. The number of anilines is 1. The first kappa shape index (κ1) is 13.9. The summed E-state index contributed by atoms with van der Waals surface area (Å²) >= 11 is 3.54. The number of rotatable bonds is 2. The number of hydrogen-bond acceptors (Lipinski definition) is 2. The van der Waals surface area contributed by atoms with Crippen LogP contribution in [-0.2, 0) is 0 Å². The van der Waals surface area contributed by atoms with Crippen LogP contribution < -0.4 is 5.73 Å². The van der Waals surface area contributed by atoms with Gasteiger partial charge in [0, 0.05) is 10.0 Å². The van der Waals surface area contributed by atoms with Gasteiger partial charge in [-0.05, 0) is 59.1 Å². The van der Waals surface area contributed by atoms with Crippen molar-refractivity contribution >= 4 is 21.6 Å². The van der Waals surface area contributed by atoms with Gasteiger partial charge in [0.15, 0.2) is 0 Å². The van der Waals surface area contributed by atoms with Crippen molar-refractivity contribution in [1.82, 2.24) is 9.78 Å². The number of benzene rings is 2. The summed E-state index contributed by atoms with van der Waals surface area (Å²) in [5.41, 5.74) is 12.2. The fourth-order valence-corrected chi connectivity index (χ4v) is 2.73. The molecule has 0 aliphatic carbocycles. The lowest BCUT2D eigenvalue weighted by atomic mass is 10.0. The molecule has 0 atom stereocenters. The number of para-hydroxylation sites is 1. The molecule has 3 nitrogen and oxygen atoms in total. The zero-order valence-corrected chi connectivity index (χ0v) is 13.6. The molecule has 0 saturated heterocycles.